The van der Waals surface area contributed by atoms with E-state index < -0.39 is 0 Å². The molecule has 0 spiro atoms. The molecule has 3 rings (SSSR count). The van der Waals surface area contributed by atoms with E-state index in [9.17, 15) is 0 Å². The monoisotopic (exact) mass is 300 g/mol. The molecular formula is C16H20N4O2. The molecule has 0 aromatic carbocycles. The van der Waals surface area contributed by atoms with E-state index in [0.29, 0.717) is 17.7 Å². The van der Waals surface area contributed by atoms with Crippen LogP contribution in [0.25, 0.3) is 0 Å². The Kier molecular flexibility index (Phi) is 4.68. The molecule has 0 saturated carbocycles. The fourth-order valence-corrected chi connectivity index (χ4v) is 2.58. The summed E-state index contributed by atoms with van der Waals surface area (Å²) in [5.41, 5.74) is 0. The Bertz CT molecular complexity index is 586. The molecule has 0 N–H and O–H groups in total. The Morgan fingerprint density at radius 1 is 1.14 bits per heavy atom. The van der Waals surface area contributed by atoms with Crippen molar-refractivity contribution in [2.24, 2.45) is 5.92 Å². The highest BCUT2D eigenvalue weighted by Gasteiger charge is 2.21. The van der Waals surface area contributed by atoms with E-state index in [1.807, 2.05) is 24.3 Å². The number of aromatic nitrogens is 3. The smallest absolute Gasteiger partial charge is 0.218 e. The Labute approximate surface area is 130 Å². The van der Waals surface area contributed by atoms with Crippen molar-refractivity contribution in [2.75, 3.05) is 31.7 Å². The molecule has 2 aromatic rings. The zero-order valence-electron chi connectivity index (χ0n) is 12.7. The average Bonchev–Trinajstić information content (AvgIpc) is 2.61. The van der Waals surface area contributed by atoms with E-state index in [2.05, 4.69) is 19.9 Å². The van der Waals surface area contributed by atoms with Crippen molar-refractivity contribution >= 4 is 5.82 Å². The quantitative estimate of drug-likeness (QED) is 0.843. The number of pyridine rings is 1. The molecule has 22 heavy (non-hydrogen) atoms. The van der Waals surface area contributed by atoms with E-state index in [4.69, 9.17) is 9.47 Å². The van der Waals surface area contributed by atoms with E-state index in [-0.39, 0.29) is 0 Å². The molecule has 0 amide bonds. The summed E-state index contributed by atoms with van der Waals surface area (Å²) in [5, 5.41) is 0. The number of ether oxygens (including phenoxy) is 2. The maximum absolute atomic E-state index is 5.75. The highest BCUT2D eigenvalue weighted by atomic mass is 16.5. The highest BCUT2D eigenvalue weighted by molar-refractivity contribution is 5.41. The van der Waals surface area contributed by atoms with Crippen LogP contribution in [0.5, 0.6) is 11.8 Å². The summed E-state index contributed by atoms with van der Waals surface area (Å²) in [7, 11) is 1.62. The van der Waals surface area contributed by atoms with Crippen molar-refractivity contribution < 1.29 is 9.47 Å². The van der Waals surface area contributed by atoms with Gasteiger partial charge in [0.15, 0.2) is 0 Å². The lowest BCUT2D eigenvalue weighted by atomic mass is 9.98. The lowest BCUT2D eigenvalue weighted by Gasteiger charge is -2.32. The van der Waals surface area contributed by atoms with Gasteiger partial charge >= 0.3 is 0 Å². The van der Waals surface area contributed by atoms with Gasteiger partial charge in [0.25, 0.3) is 0 Å². The molecule has 116 valence electrons. The van der Waals surface area contributed by atoms with E-state index >= 15 is 0 Å². The Balaban J connectivity index is 1.49. The third kappa shape index (κ3) is 3.63. The highest BCUT2D eigenvalue weighted by Crippen LogP contribution is 2.23. The number of piperidine rings is 1. The Hall–Kier alpha value is -2.37. The van der Waals surface area contributed by atoms with E-state index in [1.54, 1.807) is 19.6 Å². The SMILES string of the molecule is COc1cc(N2CCC(COc3ccccn3)CC2)ncn1. The summed E-state index contributed by atoms with van der Waals surface area (Å²) in [5.74, 6) is 2.79. The summed E-state index contributed by atoms with van der Waals surface area (Å²) in [4.78, 5) is 14.8. The van der Waals surface area contributed by atoms with Gasteiger partial charge in [0.05, 0.1) is 13.7 Å². The third-order valence-corrected chi connectivity index (χ3v) is 3.88. The van der Waals surface area contributed by atoms with Crippen molar-refractivity contribution in [3.05, 3.63) is 36.8 Å². The van der Waals surface area contributed by atoms with Gasteiger partial charge in [-0.1, -0.05) is 6.07 Å². The van der Waals surface area contributed by atoms with Crippen molar-refractivity contribution in [1.82, 2.24) is 15.0 Å². The molecule has 6 heteroatoms. The molecule has 1 saturated heterocycles. The van der Waals surface area contributed by atoms with Crippen molar-refractivity contribution in [3.8, 4) is 11.8 Å². The van der Waals surface area contributed by atoms with E-state index in [0.717, 1.165) is 38.4 Å². The standard InChI is InChI=1S/C16H20N4O2/c1-21-16-10-14(18-12-19-16)20-8-5-13(6-9-20)11-22-15-4-2-3-7-17-15/h2-4,7,10,12-13H,5-6,8-9,11H2,1H3. The van der Waals surface area contributed by atoms with Gasteiger partial charge in [-0.15, -0.1) is 0 Å². The second kappa shape index (κ2) is 7.06. The van der Waals surface area contributed by atoms with Gasteiger partial charge in [0.1, 0.15) is 12.1 Å². The van der Waals surface area contributed by atoms with Crippen LogP contribution in [0.3, 0.4) is 0 Å². The normalized spacial score (nSPS) is 15.6. The molecule has 1 fully saturated rings. The summed E-state index contributed by atoms with van der Waals surface area (Å²) >= 11 is 0. The minimum Gasteiger partial charge on any atom is -0.481 e. The van der Waals surface area contributed by atoms with Crippen LogP contribution in [0.1, 0.15) is 12.8 Å². The Morgan fingerprint density at radius 3 is 2.73 bits per heavy atom. The van der Waals surface area contributed by atoms with Crippen molar-refractivity contribution in [1.29, 1.82) is 0 Å². The molecule has 0 radical (unpaired) electrons. The number of hydrogen-bond acceptors (Lipinski definition) is 6. The van der Waals surface area contributed by atoms with Crippen LogP contribution in [0.15, 0.2) is 36.8 Å². The summed E-state index contributed by atoms with van der Waals surface area (Å²) in [6, 6.07) is 7.60. The predicted octanol–water partition coefficient (Wildman–Crippen LogP) is 2.18. The number of hydrogen-bond donors (Lipinski definition) is 0. The molecule has 1 aliphatic heterocycles. The first kappa shape index (κ1) is 14.6. The maximum Gasteiger partial charge on any atom is 0.218 e. The van der Waals surface area contributed by atoms with Crippen LogP contribution in [-0.4, -0.2) is 41.8 Å². The van der Waals surface area contributed by atoms with Gasteiger partial charge < -0.3 is 14.4 Å². The first-order valence-corrected chi connectivity index (χ1v) is 7.50. The molecule has 1 aliphatic rings. The third-order valence-electron chi connectivity index (χ3n) is 3.88. The largest absolute Gasteiger partial charge is 0.481 e. The molecule has 6 nitrogen and oxygen atoms in total. The van der Waals surface area contributed by atoms with Gasteiger partial charge in [-0.25, -0.2) is 15.0 Å². The van der Waals surface area contributed by atoms with Crippen LogP contribution in [0.2, 0.25) is 0 Å². The minimum absolute atomic E-state index is 0.557. The zero-order valence-corrected chi connectivity index (χ0v) is 12.7. The predicted molar refractivity (Wildman–Crippen MR) is 83.3 cm³/mol. The van der Waals surface area contributed by atoms with Crippen molar-refractivity contribution in [2.45, 2.75) is 12.8 Å². The maximum atomic E-state index is 5.75. The summed E-state index contributed by atoms with van der Waals surface area (Å²) < 4.78 is 10.9. The van der Waals surface area contributed by atoms with Crippen LogP contribution < -0.4 is 14.4 Å². The number of methoxy groups -OCH3 is 1. The Morgan fingerprint density at radius 2 is 2.00 bits per heavy atom. The molecule has 2 aromatic heterocycles. The molecule has 0 bridgehead atoms. The lowest BCUT2D eigenvalue weighted by Crippen LogP contribution is -2.36. The number of anilines is 1. The second-order valence-corrected chi connectivity index (χ2v) is 5.33. The summed E-state index contributed by atoms with van der Waals surface area (Å²) in [6.07, 6.45) is 5.46. The summed E-state index contributed by atoms with van der Waals surface area (Å²) in [6.45, 7) is 2.66. The lowest BCUT2D eigenvalue weighted by molar-refractivity contribution is 0.216. The van der Waals surface area contributed by atoms with Gasteiger partial charge in [0.2, 0.25) is 11.8 Å². The van der Waals surface area contributed by atoms with Gasteiger partial charge in [-0.2, -0.15) is 0 Å². The van der Waals surface area contributed by atoms with Crippen LogP contribution in [-0.2, 0) is 0 Å². The zero-order chi connectivity index (χ0) is 15.2. The fraction of sp³-hybridized carbons (Fsp3) is 0.438. The minimum atomic E-state index is 0.557. The van der Waals surface area contributed by atoms with Gasteiger partial charge in [-0.05, 0) is 24.8 Å². The molecule has 0 unspecified atom stereocenters. The first-order valence-electron chi connectivity index (χ1n) is 7.50. The van der Waals surface area contributed by atoms with Crippen LogP contribution in [0.4, 0.5) is 5.82 Å². The molecule has 0 aliphatic carbocycles. The van der Waals surface area contributed by atoms with Gasteiger partial charge in [-0.3, -0.25) is 0 Å². The number of nitrogens with zero attached hydrogens (tertiary/aromatic N) is 4. The second-order valence-electron chi connectivity index (χ2n) is 5.33. The average molecular weight is 300 g/mol. The van der Waals surface area contributed by atoms with Crippen molar-refractivity contribution in [3.63, 3.8) is 0 Å². The molecule has 3 heterocycles. The number of rotatable bonds is 5. The van der Waals surface area contributed by atoms with Crippen LogP contribution >= 0.6 is 0 Å². The van der Waals surface area contributed by atoms with Gasteiger partial charge in [0, 0.05) is 31.4 Å². The van der Waals surface area contributed by atoms with Crippen LogP contribution in [0, 0.1) is 5.92 Å². The first-order chi connectivity index (χ1) is 10.8. The fourth-order valence-electron chi connectivity index (χ4n) is 2.58. The topological polar surface area (TPSA) is 60.4 Å². The molecular weight excluding hydrogens is 280 g/mol. The molecule has 0 atom stereocenters. The van der Waals surface area contributed by atoms with E-state index in [1.165, 1.54) is 0 Å².